The molecular weight excluding hydrogens is 277 g/mol. The summed E-state index contributed by atoms with van der Waals surface area (Å²) >= 11 is 0. The Hall–Kier alpha value is -2.70. The number of aromatic nitrogens is 2. The average molecular weight is 291 g/mol. The highest BCUT2D eigenvalue weighted by atomic mass is 19.1. The third-order valence-electron chi connectivity index (χ3n) is 3.25. The maximum Gasteiger partial charge on any atom is 0.339 e. The number of rotatable bonds is 4. The Morgan fingerprint density at radius 1 is 1.38 bits per heavy atom. The Labute approximate surface area is 120 Å². The molecule has 6 nitrogen and oxygen atoms in total. The highest BCUT2D eigenvalue weighted by Gasteiger charge is 2.18. The van der Waals surface area contributed by atoms with Crippen LogP contribution in [0.4, 0.5) is 4.39 Å². The Kier molecular flexibility index (Phi) is 3.75. The lowest BCUT2D eigenvalue weighted by Crippen LogP contribution is -2.12. The fourth-order valence-corrected chi connectivity index (χ4v) is 2.15. The first-order valence-electron chi connectivity index (χ1n) is 6.16. The second kappa shape index (κ2) is 5.35. The van der Waals surface area contributed by atoms with Crippen molar-refractivity contribution < 1.29 is 19.1 Å². The molecule has 0 saturated carbocycles. The summed E-state index contributed by atoms with van der Waals surface area (Å²) in [5.41, 5.74) is 6.38. The summed E-state index contributed by atoms with van der Waals surface area (Å²) in [5, 5.41) is 13.2. The van der Waals surface area contributed by atoms with Crippen LogP contribution in [0.25, 0.3) is 0 Å². The summed E-state index contributed by atoms with van der Waals surface area (Å²) in [6.07, 6.45) is 0. The first kappa shape index (κ1) is 14.7. The van der Waals surface area contributed by atoms with Gasteiger partial charge in [0.15, 0.2) is 0 Å². The summed E-state index contributed by atoms with van der Waals surface area (Å²) in [5.74, 6) is -2.36. The zero-order valence-electron chi connectivity index (χ0n) is 11.6. The third kappa shape index (κ3) is 2.76. The van der Waals surface area contributed by atoms with Crippen molar-refractivity contribution >= 4 is 11.9 Å². The van der Waals surface area contributed by atoms with E-state index < -0.39 is 17.7 Å². The molecule has 0 unspecified atom stereocenters. The molecule has 2 aromatic rings. The van der Waals surface area contributed by atoms with Crippen LogP contribution in [-0.4, -0.2) is 26.8 Å². The molecule has 0 fully saturated rings. The number of amides is 1. The zero-order valence-corrected chi connectivity index (χ0v) is 11.6. The number of benzene rings is 1. The number of aromatic carboxylic acids is 1. The molecule has 21 heavy (non-hydrogen) atoms. The number of carbonyl (C=O) groups is 2. The lowest BCUT2D eigenvalue weighted by Gasteiger charge is -2.07. The van der Waals surface area contributed by atoms with E-state index in [2.05, 4.69) is 5.10 Å². The second-order valence-corrected chi connectivity index (χ2v) is 4.68. The van der Waals surface area contributed by atoms with E-state index in [0.29, 0.717) is 17.0 Å². The molecule has 3 N–H and O–H groups in total. The molecule has 0 saturated heterocycles. The molecule has 0 aliphatic carbocycles. The predicted molar refractivity (Wildman–Crippen MR) is 72.7 cm³/mol. The predicted octanol–water partition coefficient (Wildman–Crippen LogP) is 1.48. The van der Waals surface area contributed by atoms with Gasteiger partial charge in [-0.25, -0.2) is 9.18 Å². The second-order valence-electron chi connectivity index (χ2n) is 4.68. The summed E-state index contributed by atoms with van der Waals surface area (Å²) in [6, 6.07) is 3.92. The SMILES string of the molecule is Cc1nn(Cc2ccc(C(N)=O)cc2F)c(C)c1C(=O)O. The molecule has 0 spiro atoms. The van der Waals surface area contributed by atoms with E-state index in [4.69, 9.17) is 10.8 Å². The fourth-order valence-electron chi connectivity index (χ4n) is 2.15. The molecule has 0 aliphatic heterocycles. The first-order valence-corrected chi connectivity index (χ1v) is 6.16. The van der Waals surface area contributed by atoms with Crippen molar-refractivity contribution in [2.75, 3.05) is 0 Å². The summed E-state index contributed by atoms with van der Waals surface area (Å²) in [4.78, 5) is 22.1. The van der Waals surface area contributed by atoms with Crippen LogP contribution in [0.3, 0.4) is 0 Å². The van der Waals surface area contributed by atoms with Gasteiger partial charge in [0.25, 0.3) is 0 Å². The van der Waals surface area contributed by atoms with Crippen molar-refractivity contribution in [3.8, 4) is 0 Å². The van der Waals surface area contributed by atoms with Crippen LogP contribution in [0.15, 0.2) is 18.2 Å². The van der Waals surface area contributed by atoms with Crippen LogP contribution in [0.5, 0.6) is 0 Å². The molecule has 0 radical (unpaired) electrons. The largest absolute Gasteiger partial charge is 0.478 e. The monoisotopic (exact) mass is 291 g/mol. The summed E-state index contributed by atoms with van der Waals surface area (Å²) in [6.45, 7) is 3.27. The van der Waals surface area contributed by atoms with Gasteiger partial charge >= 0.3 is 5.97 Å². The van der Waals surface area contributed by atoms with Crippen molar-refractivity contribution in [1.82, 2.24) is 9.78 Å². The van der Waals surface area contributed by atoms with Crippen LogP contribution in [0, 0.1) is 19.7 Å². The molecule has 1 heterocycles. The van der Waals surface area contributed by atoms with Gasteiger partial charge < -0.3 is 10.8 Å². The van der Waals surface area contributed by atoms with E-state index in [-0.39, 0.29) is 17.7 Å². The van der Waals surface area contributed by atoms with E-state index in [9.17, 15) is 14.0 Å². The molecule has 7 heteroatoms. The maximum atomic E-state index is 13.9. The Balaban J connectivity index is 2.37. The highest BCUT2D eigenvalue weighted by Crippen LogP contribution is 2.17. The molecular formula is C14H14FN3O3. The van der Waals surface area contributed by atoms with Gasteiger partial charge in [-0.1, -0.05) is 6.07 Å². The lowest BCUT2D eigenvalue weighted by atomic mass is 10.1. The van der Waals surface area contributed by atoms with Gasteiger partial charge in [-0.15, -0.1) is 0 Å². The van der Waals surface area contributed by atoms with Crippen molar-refractivity contribution in [2.24, 2.45) is 5.73 Å². The smallest absolute Gasteiger partial charge is 0.339 e. The van der Waals surface area contributed by atoms with Crippen LogP contribution >= 0.6 is 0 Å². The number of carbonyl (C=O) groups excluding carboxylic acids is 1. The fraction of sp³-hybridized carbons (Fsp3) is 0.214. The van der Waals surface area contributed by atoms with Gasteiger partial charge in [-0.2, -0.15) is 5.10 Å². The number of nitrogens with two attached hydrogens (primary N) is 1. The maximum absolute atomic E-state index is 13.9. The molecule has 110 valence electrons. The van der Waals surface area contributed by atoms with Crippen molar-refractivity contribution in [3.63, 3.8) is 0 Å². The number of aryl methyl sites for hydroxylation is 1. The topological polar surface area (TPSA) is 98.2 Å². The van der Waals surface area contributed by atoms with E-state index >= 15 is 0 Å². The number of hydrogen-bond donors (Lipinski definition) is 2. The molecule has 0 atom stereocenters. The van der Waals surface area contributed by atoms with E-state index in [0.717, 1.165) is 6.07 Å². The normalized spacial score (nSPS) is 10.6. The highest BCUT2D eigenvalue weighted by molar-refractivity contribution is 5.92. The Morgan fingerprint density at radius 2 is 2.05 bits per heavy atom. The number of carboxylic acids is 1. The summed E-state index contributed by atoms with van der Waals surface area (Å²) < 4.78 is 15.3. The third-order valence-corrected chi connectivity index (χ3v) is 3.25. The molecule has 0 aliphatic rings. The molecule has 0 bridgehead atoms. The van der Waals surface area contributed by atoms with Gasteiger partial charge in [-0.05, 0) is 26.0 Å². The Morgan fingerprint density at radius 3 is 2.52 bits per heavy atom. The Bertz CT molecular complexity index is 737. The van der Waals surface area contributed by atoms with Gasteiger partial charge in [0.1, 0.15) is 11.4 Å². The minimum absolute atomic E-state index is 0.0742. The average Bonchev–Trinajstić information content (AvgIpc) is 2.66. The van der Waals surface area contributed by atoms with Gasteiger partial charge in [0.05, 0.1) is 17.9 Å². The van der Waals surface area contributed by atoms with Crippen molar-refractivity contribution in [3.05, 3.63) is 52.1 Å². The number of nitrogens with zero attached hydrogens (tertiary/aromatic N) is 2. The van der Waals surface area contributed by atoms with E-state index in [1.807, 2.05) is 0 Å². The molecule has 1 aromatic carbocycles. The zero-order chi connectivity index (χ0) is 15.7. The molecule has 1 amide bonds. The lowest BCUT2D eigenvalue weighted by molar-refractivity contribution is 0.0695. The van der Waals surface area contributed by atoms with Crippen LogP contribution in [-0.2, 0) is 6.54 Å². The van der Waals surface area contributed by atoms with Gasteiger partial charge in [-0.3, -0.25) is 9.48 Å². The number of primary amides is 1. The minimum Gasteiger partial charge on any atom is -0.478 e. The van der Waals surface area contributed by atoms with E-state index in [1.165, 1.54) is 16.8 Å². The number of carboxylic acid groups (broad SMARTS) is 1. The summed E-state index contributed by atoms with van der Waals surface area (Å²) in [7, 11) is 0. The van der Waals surface area contributed by atoms with Crippen LogP contribution in [0.1, 0.15) is 37.7 Å². The number of halogens is 1. The quantitative estimate of drug-likeness (QED) is 0.891. The van der Waals surface area contributed by atoms with Crippen LogP contribution in [0.2, 0.25) is 0 Å². The van der Waals surface area contributed by atoms with E-state index in [1.54, 1.807) is 13.8 Å². The molecule has 1 aromatic heterocycles. The standard InChI is InChI=1S/C14H14FN3O3/c1-7-12(14(20)21)8(2)18(17-7)6-10-4-3-9(13(16)19)5-11(10)15/h3-5H,6H2,1-2H3,(H2,16,19)(H,20,21). The number of hydrogen-bond acceptors (Lipinski definition) is 3. The molecule has 2 rings (SSSR count). The first-order chi connectivity index (χ1) is 9.81. The van der Waals surface area contributed by atoms with Crippen molar-refractivity contribution in [1.29, 1.82) is 0 Å². The van der Waals surface area contributed by atoms with Gasteiger partial charge in [0, 0.05) is 11.1 Å². The van der Waals surface area contributed by atoms with Crippen LogP contribution < -0.4 is 5.73 Å². The van der Waals surface area contributed by atoms with Gasteiger partial charge in [0.2, 0.25) is 5.91 Å². The van der Waals surface area contributed by atoms with Crippen molar-refractivity contribution in [2.45, 2.75) is 20.4 Å². The minimum atomic E-state index is -1.07.